The minimum Gasteiger partial charge on any atom is -0.339 e. The van der Waals surface area contributed by atoms with Crippen LogP contribution < -0.4 is 5.32 Å². The summed E-state index contributed by atoms with van der Waals surface area (Å²) in [7, 11) is 0. The van der Waals surface area contributed by atoms with Gasteiger partial charge in [-0.3, -0.25) is 4.79 Å². The number of benzene rings is 1. The quantitative estimate of drug-likeness (QED) is 0.904. The van der Waals surface area contributed by atoms with Crippen molar-refractivity contribution in [3.63, 3.8) is 0 Å². The molecule has 0 aliphatic carbocycles. The van der Waals surface area contributed by atoms with Crippen LogP contribution in [0.25, 0.3) is 0 Å². The van der Waals surface area contributed by atoms with Crippen molar-refractivity contribution in [3.05, 3.63) is 35.4 Å². The van der Waals surface area contributed by atoms with Crippen molar-refractivity contribution in [1.29, 1.82) is 0 Å². The molecule has 1 amide bonds. The molecule has 0 saturated carbocycles. The Morgan fingerprint density at radius 2 is 1.91 bits per heavy atom. The fourth-order valence-electron chi connectivity index (χ4n) is 3.45. The number of hydrogen-bond donors (Lipinski definition) is 1. The average Bonchev–Trinajstić information content (AvgIpc) is 3.03. The van der Waals surface area contributed by atoms with E-state index in [0.29, 0.717) is 25.0 Å². The van der Waals surface area contributed by atoms with Crippen LogP contribution in [0.1, 0.15) is 36.0 Å². The van der Waals surface area contributed by atoms with Crippen LogP contribution in [0.3, 0.4) is 0 Å². The number of rotatable bonds is 2. The first-order chi connectivity index (χ1) is 10.1. The molecule has 0 radical (unpaired) electrons. The summed E-state index contributed by atoms with van der Waals surface area (Å²) in [6.07, 6.45) is 4.29. The first kappa shape index (κ1) is 17.2. The molecule has 6 heteroatoms. The molecule has 22 heavy (non-hydrogen) atoms. The Kier molecular flexibility index (Phi) is 5.75. The maximum Gasteiger partial charge on any atom is 0.256 e. The fraction of sp³-hybridized carbons (Fsp3) is 0.562. The molecule has 1 aromatic rings. The van der Waals surface area contributed by atoms with Crippen molar-refractivity contribution in [3.8, 4) is 0 Å². The van der Waals surface area contributed by atoms with Crippen LogP contribution >= 0.6 is 12.4 Å². The second-order valence-electron chi connectivity index (χ2n) is 5.96. The second kappa shape index (κ2) is 7.38. The minimum absolute atomic E-state index is 0. The van der Waals surface area contributed by atoms with E-state index in [2.05, 4.69) is 5.32 Å². The van der Waals surface area contributed by atoms with E-state index >= 15 is 0 Å². The van der Waals surface area contributed by atoms with Crippen LogP contribution in [-0.2, 0) is 0 Å². The minimum atomic E-state index is -0.652. The molecule has 122 valence electrons. The van der Waals surface area contributed by atoms with Crippen LogP contribution in [0.4, 0.5) is 8.78 Å². The van der Waals surface area contributed by atoms with Gasteiger partial charge in [0.25, 0.3) is 5.91 Å². The van der Waals surface area contributed by atoms with Gasteiger partial charge in [-0.1, -0.05) is 0 Å². The number of carbonyl (C=O) groups is 1. The Balaban J connectivity index is 0.00000176. The number of likely N-dealkylation sites (tertiary alicyclic amines) is 1. The van der Waals surface area contributed by atoms with Crippen LogP contribution in [0.15, 0.2) is 18.2 Å². The lowest BCUT2D eigenvalue weighted by molar-refractivity contribution is 0.0669. The molecule has 0 bridgehead atoms. The molecular formula is C16H21ClF2N2O. The lowest BCUT2D eigenvalue weighted by atomic mass is 9.88. The summed E-state index contributed by atoms with van der Waals surface area (Å²) in [4.78, 5) is 13.9. The zero-order valence-corrected chi connectivity index (χ0v) is 13.2. The Morgan fingerprint density at radius 3 is 2.55 bits per heavy atom. The van der Waals surface area contributed by atoms with Gasteiger partial charge >= 0.3 is 0 Å². The molecule has 3 nitrogen and oxygen atoms in total. The van der Waals surface area contributed by atoms with Gasteiger partial charge in [-0.25, -0.2) is 8.78 Å². The molecule has 1 N–H and O–H groups in total. The third-order valence-corrected chi connectivity index (χ3v) is 4.65. The molecule has 1 unspecified atom stereocenters. The summed E-state index contributed by atoms with van der Waals surface area (Å²) in [5.41, 5.74) is -0.160. The SMILES string of the molecule is Cl.O=C(c1cc(F)ccc1F)N1CCC(C2CCCN2)CC1. The molecular weight excluding hydrogens is 310 g/mol. The van der Waals surface area contributed by atoms with Gasteiger partial charge in [-0.2, -0.15) is 0 Å². The third kappa shape index (κ3) is 3.58. The number of carbonyl (C=O) groups excluding carboxylic acids is 1. The van der Waals surface area contributed by atoms with Crippen LogP contribution in [0, 0.1) is 17.6 Å². The van der Waals surface area contributed by atoms with Crippen molar-refractivity contribution in [2.24, 2.45) is 5.92 Å². The van der Waals surface area contributed by atoms with Gasteiger partial charge in [0, 0.05) is 19.1 Å². The van der Waals surface area contributed by atoms with Crippen molar-refractivity contribution in [2.45, 2.75) is 31.7 Å². The zero-order valence-electron chi connectivity index (χ0n) is 12.4. The number of hydrogen-bond acceptors (Lipinski definition) is 2. The van der Waals surface area contributed by atoms with Crippen molar-refractivity contribution in [1.82, 2.24) is 10.2 Å². The molecule has 2 aliphatic rings. The number of halogens is 3. The lowest BCUT2D eigenvalue weighted by Crippen LogP contribution is -2.43. The first-order valence-electron chi connectivity index (χ1n) is 7.63. The zero-order chi connectivity index (χ0) is 14.8. The third-order valence-electron chi connectivity index (χ3n) is 4.65. The van der Waals surface area contributed by atoms with Crippen molar-refractivity contribution < 1.29 is 13.6 Å². The normalized spacial score (nSPS) is 22.5. The predicted molar refractivity (Wildman–Crippen MR) is 83.3 cm³/mol. The Bertz CT molecular complexity index is 527. The summed E-state index contributed by atoms with van der Waals surface area (Å²) in [6, 6.07) is 3.60. The van der Waals surface area contributed by atoms with Crippen LogP contribution in [0.2, 0.25) is 0 Å². The molecule has 2 aliphatic heterocycles. The van der Waals surface area contributed by atoms with Gasteiger partial charge in [0.05, 0.1) is 5.56 Å². The molecule has 2 heterocycles. The first-order valence-corrected chi connectivity index (χ1v) is 7.63. The van der Waals surface area contributed by atoms with E-state index < -0.39 is 17.5 Å². The van der Waals surface area contributed by atoms with E-state index in [-0.39, 0.29) is 18.0 Å². The predicted octanol–water partition coefficient (Wildman–Crippen LogP) is 2.99. The van der Waals surface area contributed by atoms with Crippen molar-refractivity contribution in [2.75, 3.05) is 19.6 Å². The van der Waals surface area contributed by atoms with E-state index in [9.17, 15) is 13.6 Å². The smallest absolute Gasteiger partial charge is 0.256 e. The van der Waals surface area contributed by atoms with Crippen LogP contribution in [0.5, 0.6) is 0 Å². The fourth-order valence-corrected chi connectivity index (χ4v) is 3.45. The van der Waals surface area contributed by atoms with E-state index in [1.54, 1.807) is 4.90 Å². The van der Waals surface area contributed by atoms with Gasteiger partial charge in [0.15, 0.2) is 0 Å². The molecule has 2 fully saturated rings. The number of amides is 1. The van der Waals surface area contributed by atoms with Gasteiger partial charge in [0.2, 0.25) is 0 Å². The largest absolute Gasteiger partial charge is 0.339 e. The van der Waals surface area contributed by atoms with E-state index in [1.807, 2.05) is 0 Å². The van der Waals surface area contributed by atoms with Crippen LogP contribution in [-0.4, -0.2) is 36.5 Å². The molecule has 3 rings (SSSR count). The highest BCUT2D eigenvalue weighted by Gasteiger charge is 2.30. The standard InChI is InChI=1S/C16H20F2N2O.ClH/c17-12-3-4-14(18)13(10-12)16(21)20-8-5-11(6-9-20)15-2-1-7-19-15;/h3-4,10-11,15,19H,1-2,5-9H2;1H. The van der Waals surface area contributed by atoms with E-state index in [0.717, 1.165) is 37.6 Å². The summed E-state index contributed by atoms with van der Waals surface area (Å²) >= 11 is 0. The van der Waals surface area contributed by atoms with Gasteiger partial charge in [-0.15, -0.1) is 12.4 Å². The summed E-state index contributed by atoms with van der Waals surface area (Å²) in [5.74, 6) is -1.04. The molecule has 1 atom stereocenters. The monoisotopic (exact) mass is 330 g/mol. The Morgan fingerprint density at radius 1 is 1.18 bits per heavy atom. The average molecular weight is 331 g/mol. The lowest BCUT2D eigenvalue weighted by Gasteiger charge is -2.35. The van der Waals surface area contributed by atoms with Gasteiger partial charge in [-0.05, 0) is 56.3 Å². The summed E-state index contributed by atoms with van der Waals surface area (Å²) in [5, 5.41) is 3.51. The maximum atomic E-state index is 13.7. The summed E-state index contributed by atoms with van der Waals surface area (Å²) < 4.78 is 26.9. The summed E-state index contributed by atoms with van der Waals surface area (Å²) in [6.45, 7) is 2.33. The maximum absolute atomic E-state index is 13.7. The molecule has 2 saturated heterocycles. The van der Waals surface area contributed by atoms with Gasteiger partial charge < -0.3 is 10.2 Å². The molecule has 0 spiro atoms. The highest BCUT2D eigenvalue weighted by atomic mass is 35.5. The highest BCUT2D eigenvalue weighted by molar-refractivity contribution is 5.94. The molecule has 0 aromatic heterocycles. The van der Waals surface area contributed by atoms with Crippen molar-refractivity contribution >= 4 is 18.3 Å². The van der Waals surface area contributed by atoms with Gasteiger partial charge in [0.1, 0.15) is 11.6 Å². The second-order valence-corrected chi connectivity index (χ2v) is 5.96. The Labute approximate surface area is 135 Å². The van der Waals surface area contributed by atoms with E-state index in [1.165, 1.54) is 12.8 Å². The highest BCUT2D eigenvalue weighted by Crippen LogP contribution is 2.26. The number of nitrogens with one attached hydrogen (secondary N) is 1. The van der Waals surface area contributed by atoms with E-state index in [4.69, 9.17) is 0 Å². The Hall–Kier alpha value is -1.20. The molecule has 1 aromatic carbocycles. The topological polar surface area (TPSA) is 32.3 Å². The number of nitrogens with zero attached hydrogens (tertiary/aromatic N) is 1. The number of piperidine rings is 1.